The van der Waals surface area contributed by atoms with Gasteiger partial charge in [-0.1, -0.05) is 35.9 Å². The normalized spacial score (nSPS) is 17.5. The molecular formula is C22H23FN2O2S. The topological polar surface area (TPSA) is 42.3 Å². The molecule has 2 heterocycles. The summed E-state index contributed by atoms with van der Waals surface area (Å²) in [6.07, 6.45) is 1.91. The number of aryl methyl sites for hydroxylation is 3. The molecule has 4 nitrogen and oxygen atoms in total. The van der Waals surface area contributed by atoms with Crippen LogP contribution >= 0.6 is 0 Å². The van der Waals surface area contributed by atoms with E-state index in [1.807, 2.05) is 55.8 Å². The number of rotatable bonds is 3. The maximum Gasteiger partial charge on any atom is 0.244 e. The van der Waals surface area contributed by atoms with Gasteiger partial charge in [0, 0.05) is 30.5 Å². The Morgan fingerprint density at radius 1 is 0.964 bits per heavy atom. The number of hydrogen-bond donors (Lipinski definition) is 0. The van der Waals surface area contributed by atoms with Gasteiger partial charge < -0.3 is 4.57 Å². The molecule has 2 aromatic carbocycles. The van der Waals surface area contributed by atoms with E-state index in [-0.39, 0.29) is 6.54 Å². The van der Waals surface area contributed by atoms with Gasteiger partial charge in [-0.2, -0.15) is 4.31 Å². The Morgan fingerprint density at radius 2 is 1.64 bits per heavy atom. The van der Waals surface area contributed by atoms with Crippen LogP contribution in [0.25, 0.3) is 0 Å². The van der Waals surface area contributed by atoms with E-state index in [2.05, 4.69) is 0 Å². The molecule has 0 radical (unpaired) electrons. The molecule has 1 aromatic heterocycles. The number of hydrogen-bond acceptors (Lipinski definition) is 2. The van der Waals surface area contributed by atoms with Crippen LogP contribution in [-0.2, 0) is 16.6 Å². The summed E-state index contributed by atoms with van der Waals surface area (Å²) in [5.74, 6) is -0.403. The molecule has 6 heteroatoms. The maximum atomic E-state index is 14.7. The number of benzene rings is 2. The van der Waals surface area contributed by atoms with Crippen LogP contribution in [0.2, 0.25) is 0 Å². The highest BCUT2D eigenvalue weighted by atomic mass is 32.2. The van der Waals surface area contributed by atoms with Crippen LogP contribution in [0.1, 0.15) is 34.0 Å². The zero-order chi connectivity index (χ0) is 20.1. The van der Waals surface area contributed by atoms with Crippen molar-refractivity contribution in [2.45, 2.75) is 38.3 Å². The van der Waals surface area contributed by atoms with Gasteiger partial charge in [0.05, 0.1) is 10.9 Å². The van der Waals surface area contributed by atoms with Crippen molar-refractivity contribution < 1.29 is 12.8 Å². The summed E-state index contributed by atoms with van der Waals surface area (Å²) >= 11 is 0. The number of halogens is 1. The summed E-state index contributed by atoms with van der Waals surface area (Å²) in [5.41, 5.74) is 3.60. The van der Waals surface area contributed by atoms with Crippen molar-refractivity contribution in [1.82, 2.24) is 8.87 Å². The van der Waals surface area contributed by atoms with Crippen LogP contribution in [0.15, 0.2) is 59.6 Å². The number of aromatic nitrogens is 1. The van der Waals surface area contributed by atoms with Crippen molar-refractivity contribution in [3.05, 3.63) is 88.5 Å². The first kappa shape index (κ1) is 18.9. The van der Waals surface area contributed by atoms with Gasteiger partial charge in [0.25, 0.3) is 0 Å². The van der Waals surface area contributed by atoms with Crippen molar-refractivity contribution in [1.29, 1.82) is 0 Å². The van der Waals surface area contributed by atoms with Crippen LogP contribution in [0.5, 0.6) is 0 Å². The number of nitrogens with zero attached hydrogens (tertiary/aromatic N) is 2. The Kier molecular flexibility index (Phi) is 4.63. The fourth-order valence-electron chi connectivity index (χ4n) is 4.32. The number of fused-ring (bicyclic) bond motifs is 1. The van der Waals surface area contributed by atoms with Crippen LogP contribution in [0.4, 0.5) is 4.39 Å². The lowest BCUT2D eigenvalue weighted by molar-refractivity contribution is 0.293. The molecule has 0 fully saturated rings. The van der Waals surface area contributed by atoms with Crippen LogP contribution in [-0.4, -0.2) is 23.8 Å². The Morgan fingerprint density at radius 3 is 2.32 bits per heavy atom. The maximum absolute atomic E-state index is 14.7. The minimum absolute atomic E-state index is 0.287. The molecule has 1 aliphatic rings. The molecule has 146 valence electrons. The van der Waals surface area contributed by atoms with Gasteiger partial charge in [0.2, 0.25) is 10.0 Å². The molecule has 0 amide bonds. The quantitative estimate of drug-likeness (QED) is 0.658. The van der Waals surface area contributed by atoms with E-state index in [0.717, 1.165) is 11.3 Å². The number of sulfonamides is 1. The van der Waals surface area contributed by atoms with E-state index >= 15 is 0 Å². The van der Waals surface area contributed by atoms with Crippen molar-refractivity contribution in [2.75, 3.05) is 6.54 Å². The highest BCUT2D eigenvalue weighted by Gasteiger charge is 2.39. The van der Waals surface area contributed by atoms with Crippen LogP contribution in [0, 0.1) is 26.6 Å². The van der Waals surface area contributed by atoms with Crippen LogP contribution < -0.4 is 0 Å². The molecule has 3 aromatic rings. The summed E-state index contributed by atoms with van der Waals surface area (Å²) in [4.78, 5) is 0.319. The molecule has 0 unspecified atom stereocenters. The molecule has 1 atom stereocenters. The lowest BCUT2D eigenvalue weighted by Gasteiger charge is -2.37. The molecule has 0 saturated heterocycles. The van der Waals surface area contributed by atoms with E-state index in [1.165, 1.54) is 10.4 Å². The highest BCUT2D eigenvalue weighted by Crippen LogP contribution is 2.38. The second-order valence-electron chi connectivity index (χ2n) is 7.39. The molecular weight excluding hydrogens is 375 g/mol. The average Bonchev–Trinajstić information content (AvgIpc) is 3.09. The van der Waals surface area contributed by atoms with Gasteiger partial charge in [0.15, 0.2) is 0 Å². The van der Waals surface area contributed by atoms with E-state index in [1.54, 1.807) is 18.2 Å². The summed E-state index contributed by atoms with van der Waals surface area (Å²) in [5, 5.41) is 0. The Labute approximate surface area is 165 Å². The molecule has 0 spiro atoms. The fraction of sp³-hybridized carbons (Fsp3) is 0.273. The third kappa shape index (κ3) is 2.97. The first-order chi connectivity index (χ1) is 13.3. The third-order valence-corrected chi connectivity index (χ3v) is 7.54. The van der Waals surface area contributed by atoms with E-state index < -0.39 is 21.9 Å². The molecule has 0 aliphatic carbocycles. The van der Waals surface area contributed by atoms with Crippen molar-refractivity contribution >= 4 is 10.0 Å². The Bertz CT molecular complexity index is 1130. The lowest BCUT2D eigenvalue weighted by Crippen LogP contribution is -2.43. The van der Waals surface area contributed by atoms with Gasteiger partial charge in [0.1, 0.15) is 5.82 Å². The second kappa shape index (κ2) is 6.87. The van der Waals surface area contributed by atoms with Gasteiger partial charge >= 0.3 is 0 Å². The largest absolute Gasteiger partial charge is 0.348 e. The van der Waals surface area contributed by atoms with Crippen LogP contribution in [0.3, 0.4) is 0 Å². The lowest BCUT2D eigenvalue weighted by atomic mass is 10.0. The van der Waals surface area contributed by atoms with Gasteiger partial charge in [-0.25, -0.2) is 12.8 Å². The third-order valence-electron chi connectivity index (χ3n) is 5.37. The van der Waals surface area contributed by atoms with Gasteiger partial charge in [-0.15, -0.1) is 0 Å². The van der Waals surface area contributed by atoms with Crippen molar-refractivity contribution in [3.8, 4) is 0 Å². The second-order valence-corrected chi connectivity index (χ2v) is 9.22. The molecule has 28 heavy (non-hydrogen) atoms. The van der Waals surface area contributed by atoms with E-state index in [4.69, 9.17) is 0 Å². The summed E-state index contributed by atoms with van der Waals surface area (Å²) < 4.78 is 45.7. The first-order valence-electron chi connectivity index (χ1n) is 9.30. The standard InChI is InChI=1S/C22H23FN2O2S/c1-15-13-16(2)22(17(3)14-15)28(26,27)25-12-11-24-10-6-9-20(24)21(25)18-7-4-5-8-19(18)23/h4-10,13-14,21H,11-12H2,1-3H3/t21-/m0/s1. The summed E-state index contributed by atoms with van der Waals surface area (Å²) in [7, 11) is -3.82. The van der Waals surface area contributed by atoms with Crippen molar-refractivity contribution in [2.24, 2.45) is 0 Å². The summed E-state index contributed by atoms with van der Waals surface area (Å²) in [6.45, 7) is 6.41. The first-order valence-corrected chi connectivity index (χ1v) is 10.7. The molecule has 1 aliphatic heterocycles. The predicted molar refractivity (Wildman–Crippen MR) is 107 cm³/mol. The minimum atomic E-state index is -3.82. The van der Waals surface area contributed by atoms with Gasteiger partial charge in [-0.05, 0) is 50.1 Å². The minimum Gasteiger partial charge on any atom is -0.348 e. The zero-order valence-corrected chi connectivity index (χ0v) is 17.0. The molecule has 0 saturated carbocycles. The molecule has 0 N–H and O–H groups in total. The van der Waals surface area contributed by atoms with E-state index in [9.17, 15) is 12.8 Å². The smallest absolute Gasteiger partial charge is 0.244 e. The zero-order valence-electron chi connectivity index (χ0n) is 16.2. The molecule has 0 bridgehead atoms. The fourth-order valence-corrected chi connectivity index (χ4v) is 6.31. The van der Waals surface area contributed by atoms with Crippen molar-refractivity contribution in [3.63, 3.8) is 0 Å². The molecule has 4 rings (SSSR count). The van der Waals surface area contributed by atoms with Gasteiger partial charge in [-0.3, -0.25) is 0 Å². The predicted octanol–water partition coefficient (Wildman–Crippen LogP) is 4.35. The Hall–Kier alpha value is -2.44. The SMILES string of the molecule is Cc1cc(C)c(S(=O)(=O)N2CCn3cccc3[C@@H]2c2ccccc2F)c(C)c1. The monoisotopic (exact) mass is 398 g/mol. The van der Waals surface area contributed by atoms with E-state index in [0.29, 0.717) is 28.1 Å². The highest BCUT2D eigenvalue weighted by molar-refractivity contribution is 7.89. The summed E-state index contributed by atoms with van der Waals surface area (Å²) in [6, 6.07) is 13.2. The Balaban J connectivity index is 1.92. The average molecular weight is 399 g/mol.